The van der Waals surface area contributed by atoms with Gasteiger partial charge < -0.3 is 5.32 Å². The molecule has 1 aromatic carbocycles. The molecule has 1 saturated heterocycles. The van der Waals surface area contributed by atoms with Crippen molar-refractivity contribution in [2.45, 2.75) is 23.1 Å². The fourth-order valence-corrected chi connectivity index (χ4v) is 6.06. The summed E-state index contributed by atoms with van der Waals surface area (Å²) in [4.78, 5) is 36.1. The van der Waals surface area contributed by atoms with E-state index in [1.165, 1.54) is 28.6 Å². The summed E-state index contributed by atoms with van der Waals surface area (Å²) in [6.07, 6.45) is 1.00. The molecular weight excluding hydrogens is 390 g/mol. The van der Waals surface area contributed by atoms with Crippen LogP contribution in [0.4, 0.5) is 5.69 Å². The Labute approximate surface area is 159 Å². The number of sulfonamides is 1. The number of hydrogen-bond donors (Lipinski definition) is 2. The van der Waals surface area contributed by atoms with Gasteiger partial charge in [0.05, 0.1) is 11.1 Å². The molecule has 0 unspecified atom stereocenters. The fraction of sp³-hybridized carbons (Fsp3) is 0.235. The number of carbonyl (C=O) groups is 3. The Balaban J connectivity index is 1.56. The topological polar surface area (TPSA) is 113 Å². The van der Waals surface area contributed by atoms with Gasteiger partial charge in [-0.1, -0.05) is 6.07 Å². The van der Waals surface area contributed by atoms with E-state index in [2.05, 4.69) is 10.6 Å². The van der Waals surface area contributed by atoms with Gasteiger partial charge in [-0.05, 0) is 42.5 Å². The summed E-state index contributed by atoms with van der Waals surface area (Å²) in [6.45, 7) is 0.277. The monoisotopic (exact) mass is 405 g/mol. The number of imide groups is 1. The number of amides is 3. The third-order valence-corrected chi connectivity index (χ3v) is 7.85. The van der Waals surface area contributed by atoms with Crippen LogP contribution < -0.4 is 10.6 Å². The summed E-state index contributed by atoms with van der Waals surface area (Å²) in [5.74, 6) is -1.46. The number of fused-ring (bicyclic) bond motifs is 1. The quantitative estimate of drug-likeness (QED) is 0.747. The molecule has 2 N–H and O–H groups in total. The van der Waals surface area contributed by atoms with Crippen LogP contribution in [-0.2, 0) is 14.8 Å². The molecule has 0 saturated carbocycles. The van der Waals surface area contributed by atoms with Gasteiger partial charge in [-0.15, -0.1) is 11.3 Å². The highest BCUT2D eigenvalue weighted by atomic mass is 32.2. The Morgan fingerprint density at radius 3 is 2.70 bits per heavy atom. The number of benzene rings is 1. The van der Waals surface area contributed by atoms with Crippen LogP contribution >= 0.6 is 11.3 Å². The second-order valence-corrected chi connectivity index (χ2v) is 9.30. The van der Waals surface area contributed by atoms with E-state index in [0.29, 0.717) is 18.5 Å². The molecule has 2 aliphatic heterocycles. The molecule has 3 amide bonds. The smallest absolute Gasteiger partial charge is 0.259 e. The lowest BCUT2D eigenvalue weighted by atomic mass is 10.1. The molecule has 2 aliphatic rings. The van der Waals surface area contributed by atoms with Crippen molar-refractivity contribution >= 4 is 44.8 Å². The first-order chi connectivity index (χ1) is 12.9. The predicted octanol–water partition coefficient (Wildman–Crippen LogP) is 1.42. The van der Waals surface area contributed by atoms with Crippen molar-refractivity contribution in [2.24, 2.45) is 0 Å². The molecule has 2 aromatic rings. The number of rotatable bonds is 4. The molecule has 10 heteroatoms. The minimum atomic E-state index is -3.73. The number of carbonyl (C=O) groups excluding carboxylic acids is 3. The zero-order valence-corrected chi connectivity index (χ0v) is 15.6. The minimum Gasteiger partial charge on any atom is -0.325 e. The number of anilines is 1. The van der Waals surface area contributed by atoms with Gasteiger partial charge in [0.25, 0.3) is 21.8 Å². The van der Waals surface area contributed by atoms with Crippen LogP contribution in [0, 0.1) is 0 Å². The Bertz CT molecular complexity index is 1050. The van der Waals surface area contributed by atoms with Crippen molar-refractivity contribution in [3.63, 3.8) is 0 Å². The lowest BCUT2D eigenvalue weighted by Gasteiger charge is -2.22. The zero-order valence-electron chi connectivity index (χ0n) is 14.0. The van der Waals surface area contributed by atoms with Gasteiger partial charge in [0.15, 0.2) is 0 Å². The third kappa shape index (κ3) is 3.05. The Kier molecular flexibility index (Phi) is 4.33. The number of thiophene rings is 1. The first-order valence-electron chi connectivity index (χ1n) is 8.24. The average Bonchev–Trinajstić information content (AvgIpc) is 3.36. The molecule has 1 aromatic heterocycles. The van der Waals surface area contributed by atoms with E-state index >= 15 is 0 Å². The van der Waals surface area contributed by atoms with Crippen molar-refractivity contribution in [3.05, 3.63) is 46.8 Å². The molecule has 3 heterocycles. The number of nitrogens with one attached hydrogen (secondary N) is 2. The molecule has 4 rings (SSSR count). The van der Waals surface area contributed by atoms with Gasteiger partial charge in [-0.25, -0.2) is 8.42 Å². The number of nitrogens with zero attached hydrogens (tertiary/aromatic N) is 1. The third-order valence-electron chi connectivity index (χ3n) is 4.57. The Morgan fingerprint density at radius 2 is 1.96 bits per heavy atom. The standard InChI is InChI=1S/C17H15N3O5S2/c21-15-11-6-5-10(9-12(11)16(22)19-15)18-17(23)13-3-1-7-20(13)27(24,25)14-4-2-8-26-14/h2,4-6,8-9,13H,1,3,7H2,(H,18,23)(H,19,21,22)/t13-/m0/s1. The highest BCUT2D eigenvalue weighted by Crippen LogP contribution is 2.29. The summed E-state index contributed by atoms with van der Waals surface area (Å²) in [5.41, 5.74) is 0.775. The molecular formula is C17H15N3O5S2. The van der Waals surface area contributed by atoms with Crippen LogP contribution in [0.15, 0.2) is 39.9 Å². The summed E-state index contributed by atoms with van der Waals surface area (Å²) >= 11 is 1.11. The van der Waals surface area contributed by atoms with Crippen molar-refractivity contribution in [2.75, 3.05) is 11.9 Å². The maximum absolute atomic E-state index is 12.8. The van der Waals surface area contributed by atoms with E-state index in [0.717, 1.165) is 11.3 Å². The maximum Gasteiger partial charge on any atom is 0.259 e. The van der Waals surface area contributed by atoms with Crippen LogP contribution in [0.5, 0.6) is 0 Å². The predicted molar refractivity (Wildman–Crippen MR) is 98.1 cm³/mol. The lowest BCUT2D eigenvalue weighted by molar-refractivity contribution is -0.119. The van der Waals surface area contributed by atoms with E-state index in [-0.39, 0.29) is 21.9 Å². The van der Waals surface area contributed by atoms with Crippen LogP contribution in [-0.4, -0.2) is 43.0 Å². The van der Waals surface area contributed by atoms with Gasteiger partial charge in [-0.2, -0.15) is 4.31 Å². The summed E-state index contributed by atoms with van der Waals surface area (Å²) in [6, 6.07) is 6.74. The van der Waals surface area contributed by atoms with Gasteiger partial charge >= 0.3 is 0 Å². The Morgan fingerprint density at radius 1 is 1.19 bits per heavy atom. The molecule has 27 heavy (non-hydrogen) atoms. The lowest BCUT2D eigenvalue weighted by Crippen LogP contribution is -2.42. The number of hydrogen-bond acceptors (Lipinski definition) is 6. The van der Waals surface area contributed by atoms with Gasteiger partial charge in [0.1, 0.15) is 10.3 Å². The van der Waals surface area contributed by atoms with Crippen LogP contribution in [0.25, 0.3) is 0 Å². The van der Waals surface area contributed by atoms with Crippen molar-refractivity contribution in [1.82, 2.24) is 9.62 Å². The van der Waals surface area contributed by atoms with Gasteiger partial charge in [0.2, 0.25) is 5.91 Å². The minimum absolute atomic E-state index is 0.187. The second-order valence-electron chi connectivity index (χ2n) is 6.24. The highest BCUT2D eigenvalue weighted by molar-refractivity contribution is 7.91. The van der Waals surface area contributed by atoms with E-state index in [1.54, 1.807) is 11.4 Å². The largest absolute Gasteiger partial charge is 0.325 e. The summed E-state index contributed by atoms with van der Waals surface area (Å²) in [7, 11) is -3.73. The molecule has 1 atom stereocenters. The molecule has 140 valence electrons. The van der Waals surface area contributed by atoms with Gasteiger partial charge in [-0.3, -0.25) is 19.7 Å². The van der Waals surface area contributed by atoms with Crippen molar-refractivity contribution in [1.29, 1.82) is 0 Å². The van der Waals surface area contributed by atoms with E-state index in [9.17, 15) is 22.8 Å². The molecule has 0 radical (unpaired) electrons. The second kappa shape index (κ2) is 6.55. The van der Waals surface area contributed by atoms with Crippen LogP contribution in [0.2, 0.25) is 0 Å². The molecule has 0 bridgehead atoms. The zero-order chi connectivity index (χ0) is 19.2. The first-order valence-corrected chi connectivity index (χ1v) is 10.6. The van der Waals surface area contributed by atoms with Crippen molar-refractivity contribution in [3.8, 4) is 0 Å². The molecule has 8 nitrogen and oxygen atoms in total. The maximum atomic E-state index is 12.8. The molecule has 0 spiro atoms. The fourth-order valence-electron chi connectivity index (χ4n) is 3.29. The van der Waals surface area contributed by atoms with Gasteiger partial charge in [0, 0.05) is 12.2 Å². The average molecular weight is 405 g/mol. The van der Waals surface area contributed by atoms with E-state index in [1.807, 2.05) is 0 Å². The van der Waals surface area contributed by atoms with E-state index < -0.39 is 33.8 Å². The first kappa shape index (κ1) is 17.8. The Hall–Kier alpha value is -2.56. The van der Waals surface area contributed by atoms with Crippen molar-refractivity contribution < 1.29 is 22.8 Å². The SMILES string of the molecule is O=C1NC(=O)c2cc(NC(=O)[C@@H]3CCCN3S(=O)(=O)c3cccs3)ccc21. The summed E-state index contributed by atoms with van der Waals surface area (Å²) in [5, 5.41) is 6.52. The molecule has 1 fully saturated rings. The highest BCUT2D eigenvalue weighted by Gasteiger charge is 2.40. The summed E-state index contributed by atoms with van der Waals surface area (Å²) < 4.78 is 26.9. The molecule has 0 aliphatic carbocycles. The normalized spacial score (nSPS) is 19.8. The van der Waals surface area contributed by atoms with E-state index in [4.69, 9.17) is 0 Å². The van der Waals surface area contributed by atoms with Crippen LogP contribution in [0.1, 0.15) is 33.6 Å². The van der Waals surface area contributed by atoms with Crippen LogP contribution in [0.3, 0.4) is 0 Å².